The topological polar surface area (TPSA) is 60.8 Å². The number of carbonyl (C=O) groups is 1. The van der Waals surface area contributed by atoms with E-state index < -0.39 is 5.72 Å². The Balaban J connectivity index is 1.92. The number of benzene rings is 3. The third kappa shape index (κ3) is 2.59. The van der Waals surface area contributed by atoms with Crippen molar-refractivity contribution in [2.45, 2.75) is 18.6 Å². The standard InChI is InChI=1S/C22H21NO3/c24-14-6-13-23-21(25)18-11-4-9-17-10-5-12-19(20(17)18)22(23,26)15-16-7-2-1-3-8-16/h1-5,7-12,24,26H,6,13-15H2. The summed E-state index contributed by atoms with van der Waals surface area (Å²) in [4.78, 5) is 14.7. The number of amides is 1. The van der Waals surface area contributed by atoms with Crippen LogP contribution in [0.25, 0.3) is 10.8 Å². The maximum Gasteiger partial charge on any atom is 0.257 e. The van der Waals surface area contributed by atoms with Crippen LogP contribution in [0.4, 0.5) is 0 Å². The predicted octanol–water partition coefficient (Wildman–Crippen LogP) is 3.07. The Morgan fingerprint density at radius 2 is 1.65 bits per heavy atom. The van der Waals surface area contributed by atoms with Gasteiger partial charge in [-0.3, -0.25) is 4.79 Å². The number of hydrogen-bond acceptors (Lipinski definition) is 3. The molecule has 4 nitrogen and oxygen atoms in total. The van der Waals surface area contributed by atoms with Crippen molar-refractivity contribution in [1.29, 1.82) is 0 Å². The summed E-state index contributed by atoms with van der Waals surface area (Å²) < 4.78 is 0. The van der Waals surface area contributed by atoms with Gasteiger partial charge in [-0.1, -0.05) is 60.7 Å². The van der Waals surface area contributed by atoms with Crippen LogP contribution in [0.5, 0.6) is 0 Å². The van der Waals surface area contributed by atoms with Gasteiger partial charge < -0.3 is 15.1 Å². The monoisotopic (exact) mass is 347 g/mol. The molecule has 132 valence electrons. The fourth-order valence-electron chi connectivity index (χ4n) is 3.90. The highest BCUT2D eigenvalue weighted by Gasteiger charge is 2.45. The highest BCUT2D eigenvalue weighted by Crippen LogP contribution is 2.41. The van der Waals surface area contributed by atoms with Crippen LogP contribution in [0.3, 0.4) is 0 Å². The number of carbonyl (C=O) groups excluding carboxylic acids is 1. The number of aliphatic hydroxyl groups excluding tert-OH is 1. The van der Waals surface area contributed by atoms with Crippen LogP contribution in [-0.4, -0.2) is 34.2 Å². The smallest absolute Gasteiger partial charge is 0.257 e. The summed E-state index contributed by atoms with van der Waals surface area (Å²) in [5.41, 5.74) is 0.857. The molecule has 2 N–H and O–H groups in total. The maximum absolute atomic E-state index is 13.2. The summed E-state index contributed by atoms with van der Waals surface area (Å²) in [6.07, 6.45) is 0.722. The molecule has 0 fully saturated rings. The molecule has 0 bridgehead atoms. The fraction of sp³-hybridized carbons (Fsp3) is 0.227. The zero-order valence-electron chi connectivity index (χ0n) is 14.4. The molecule has 0 saturated carbocycles. The average Bonchev–Trinajstić information content (AvgIpc) is 2.67. The van der Waals surface area contributed by atoms with Gasteiger partial charge in [0, 0.05) is 36.1 Å². The van der Waals surface area contributed by atoms with E-state index in [1.54, 1.807) is 0 Å². The van der Waals surface area contributed by atoms with Gasteiger partial charge in [-0.15, -0.1) is 0 Å². The normalized spacial score (nSPS) is 19.2. The highest BCUT2D eigenvalue weighted by molar-refractivity contribution is 6.10. The van der Waals surface area contributed by atoms with Gasteiger partial charge >= 0.3 is 0 Å². The van der Waals surface area contributed by atoms with Crippen molar-refractivity contribution in [2.75, 3.05) is 13.2 Å². The van der Waals surface area contributed by atoms with E-state index in [2.05, 4.69) is 0 Å². The molecule has 26 heavy (non-hydrogen) atoms. The Morgan fingerprint density at radius 1 is 0.923 bits per heavy atom. The first kappa shape index (κ1) is 16.8. The van der Waals surface area contributed by atoms with Crippen LogP contribution in [-0.2, 0) is 12.1 Å². The molecule has 0 radical (unpaired) electrons. The van der Waals surface area contributed by atoms with E-state index in [1.807, 2.05) is 66.7 Å². The van der Waals surface area contributed by atoms with Crippen LogP contribution in [0, 0.1) is 0 Å². The molecule has 1 aliphatic heterocycles. The van der Waals surface area contributed by atoms with Crippen molar-refractivity contribution >= 4 is 16.7 Å². The number of nitrogens with zero attached hydrogens (tertiary/aromatic N) is 1. The summed E-state index contributed by atoms with van der Waals surface area (Å²) in [5, 5.41) is 22.8. The van der Waals surface area contributed by atoms with E-state index >= 15 is 0 Å². The lowest BCUT2D eigenvalue weighted by atomic mass is 9.83. The molecule has 1 heterocycles. The third-order valence-corrected chi connectivity index (χ3v) is 5.09. The molecule has 4 rings (SSSR count). The molecule has 3 aromatic rings. The van der Waals surface area contributed by atoms with E-state index in [9.17, 15) is 15.0 Å². The second-order valence-electron chi connectivity index (χ2n) is 6.72. The SMILES string of the molecule is O=C1c2cccc3cccc(c23)C(O)(Cc2ccccc2)N1CCCO. The van der Waals surface area contributed by atoms with Crippen molar-refractivity contribution in [1.82, 2.24) is 4.90 Å². The van der Waals surface area contributed by atoms with Crippen LogP contribution in [0.1, 0.15) is 27.9 Å². The van der Waals surface area contributed by atoms with Crippen LogP contribution in [0.15, 0.2) is 66.7 Å². The minimum Gasteiger partial charge on any atom is -0.396 e. The minimum atomic E-state index is -1.44. The van der Waals surface area contributed by atoms with Crippen LogP contribution in [0.2, 0.25) is 0 Å². The highest BCUT2D eigenvalue weighted by atomic mass is 16.3. The number of hydrogen-bond donors (Lipinski definition) is 2. The van der Waals surface area contributed by atoms with Crippen LogP contribution >= 0.6 is 0 Å². The minimum absolute atomic E-state index is 0.0307. The van der Waals surface area contributed by atoms with Crippen molar-refractivity contribution < 1.29 is 15.0 Å². The third-order valence-electron chi connectivity index (χ3n) is 5.09. The second-order valence-corrected chi connectivity index (χ2v) is 6.72. The van der Waals surface area contributed by atoms with Gasteiger partial charge in [-0.2, -0.15) is 0 Å². The van der Waals surface area contributed by atoms with Gasteiger partial charge in [0.25, 0.3) is 5.91 Å². The molecule has 0 aromatic heterocycles. The molecule has 1 amide bonds. The van der Waals surface area contributed by atoms with Crippen LogP contribution < -0.4 is 0 Å². The van der Waals surface area contributed by atoms with E-state index in [0.717, 1.165) is 21.9 Å². The molecule has 0 aliphatic carbocycles. The Bertz CT molecular complexity index is 949. The Hall–Kier alpha value is -2.69. The molecule has 1 unspecified atom stereocenters. The van der Waals surface area contributed by atoms with E-state index in [-0.39, 0.29) is 12.5 Å². The molecule has 0 saturated heterocycles. The largest absolute Gasteiger partial charge is 0.396 e. The van der Waals surface area contributed by atoms with Crippen molar-refractivity contribution in [3.8, 4) is 0 Å². The molecule has 3 aromatic carbocycles. The summed E-state index contributed by atoms with van der Waals surface area (Å²) >= 11 is 0. The van der Waals surface area contributed by atoms with Gasteiger partial charge in [0.15, 0.2) is 5.72 Å². The number of rotatable bonds is 5. The summed E-state index contributed by atoms with van der Waals surface area (Å²) in [6, 6.07) is 21.1. The van der Waals surface area contributed by atoms with Crippen molar-refractivity contribution in [3.05, 3.63) is 83.4 Å². The summed E-state index contributed by atoms with van der Waals surface area (Å²) in [6.45, 7) is 0.264. The average molecular weight is 347 g/mol. The summed E-state index contributed by atoms with van der Waals surface area (Å²) in [7, 11) is 0. The lowest BCUT2D eigenvalue weighted by molar-refractivity contribution is -0.0959. The molecular formula is C22H21NO3. The molecule has 0 spiro atoms. The Labute approximate surface area is 152 Å². The fourth-order valence-corrected chi connectivity index (χ4v) is 3.90. The second kappa shape index (κ2) is 6.56. The van der Waals surface area contributed by atoms with Gasteiger partial charge in [-0.25, -0.2) is 0 Å². The van der Waals surface area contributed by atoms with E-state index in [4.69, 9.17) is 0 Å². The van der Waals surface area contributed by atoms with Crippen molar-refractivity contribution in [2.24, 2.45) is 0 Å². The van der Waals surface area contributed by atoms with E-state index in [0.29, 0.717) is 24.9 Å². The lowest BCUT2D eigenvalue weighted by Gasteiger charge is -2.44. The maximum atomic E-state index is 13.2. The number of aliphatic hydroxyl groups is 2. The first-order valence-corrected chi connectivity index (χ1v) is 8.86. The molecular weight excluding hydrogens is 326 g/mol. The van der Waals surface area contributed by atoms with Gasteiger partial charge in [0.05, 0.1) is 0 Å². The quantitative estimate of drug-likeness (QED) is 0.746. The first-order chi connectivity index (χ1) is 12.6. The summed E-state index contributed by atoms with van der Waals surface area (Å²) in [5.74, 6) is -0.193. The molecule has 1 aliphatic rings. The Morgan fingerprint density at radius 3 is 2.38 bits per heavy atom. The predicted molar refractivity (Wildman–Crippen MR) is 101 cm³/mol. The zero-order chi connectivity index (χ0) is 18.1. The van der Waals surface area contributed by atoms with Crippen molar-refractivity contribution in [3.63, 3.8) is 0 Å². The van der Waals surface area contributed by atoms with Gasteiger partial charge in [-0.05, 0) is 23.4 Å². The Kier molecular flexibility index (Phi) is 4.23. The molecule has 1 atom stereocenters. The van der Waals surface area contributed by atoms with E-state index in [1.165, 1.54) is 4.90 Å². The lowest BCUT2D eigenvalue weighted by Crippen LogP contribution is -2.54. The first-order valence-electron chi connectivity index (χ1n) is 8.86. The molecule has 4 heteroatoms. The zero-order valence-corrected chi connectivity index (χ0v) is 14.4. The van der Waals surface area contributed by atoms with Gasteiger partial charge in [0.2, 0.25) is 0 Å². The van der Waals surface area contributed by atoms with Gasteiger partial charge in [0.1, 0.15) is 0 Å².